The van der Waals surface area contributed by atoms with Gasteiger partial charge in [0.15, 0.2) is 0 Å². The first-order valence-electron chi connectivity index (χ1n) is 6.23. The summed E-state index contributed by atoms with van der Waals surface area (Å²) in [6.07, 6.45) is 1.23. The Hall–Kier alpha value is -2.62. The summed E-state index contributed by atoms with van der Waals surface area (Å²) >= 11 is 0. The Morgan fingerprint density at radius 1 is 1.30 bits per heavy atom. The number of hydrogen-bond acceptors (Lipinski definition) is 4. The molecule has 23 heavy (non-hydrogen) atoms. The van der Waals surface area contributed by atoms with Gasteiger partial charge in [-0.15, -0.1) is 0 Å². The number of carbonyl (C=O) groups excluding carboxylic acids is 1. The molecule has 0 atom stereocenters. The number of nitrogens with zero attached hydrogens (tertiary/aromatic N) is 1. The predicted molar refractivity (Wildman–Crippen MR) is 77.8 cm³/mol. The second-order valence-electron chi connectivity index (χ2n) is 4.54. The Balaban J connectivity index is 2.21. The van der Waals surface area contributed by atoms with Crippen molar-refractivity contribution in [2.45, 2.75) is 11.5 Å². The fourth-order valence-electron chi connectivity index (χ4n) is 1.84. The minimum absolute atomic E-state index is 0.0334. The third-order valence-electron chi connectivity index (χ3n) is 2.87. The molecule has 2 aromatic rings. The topological polar surface area (TPSA) is 103 Å². The van der Waals surface area contributed by atoms with Crippen LogP contribution in [0, 0.1) is 0 Å². The number of hydrogen-bond donors (Lipinski definition) is 2. The number of aryl methyl sites for hydroxylation is 1. The second kappa shape index (κ2) is 6.24. The molecule has 0 fully saturated rings. The first-order chi connectivity index (χ1) is 10.7. The van der Waals surface area contributed by atoms with Crippen LogP contribution >= 0.6 is 0 Å². The van der Waals surface area contributed by atoms with Gasteiger partial charge in [-0.2, -0.15) is 8.78 Å². The zero-order valence-corrected chi connectivity index (χ0v) is 12.7. The third-order valence-corrected chi connectivity index (χ3v) is 4.22. The molecular weight excluding hydrogens is 332 g/mol. The lowest BCUT2D eigenvalue weighted by molar-refractivity contribution is -0.0498. The molecule has 10 heteroatoms. The Morgan fingerprint density at radius 2 is 1.91 bits per heavy atom. The molecule has 0 bridgehead atoms. The summed E-state index contributed by atoms with van der Waals surface area (Å²) in [7, 11) is -2.47. The van der Waals surface area contributed by atoms with Crippen molar-refractivity contribution >= 4 is 21.6 Å². The number of benzene rings is 1. The van der Waals surface area contributed by atoms with Crippen molar-refractivity contribution in [2.75, 3.05) is 4.72 Å². The quantitative estimate of drug-likeness (QED) is 0.828. The number of nitrogens with two attached hydrogens (primary N) is 1. The molecule has 7 nitrogen and oxygen atoms in total. The number of carbonyl (C=O) groups is 1. The number of aromatic nitrogens is 1. The first kappa shape index (κ1) is 16.7. The molecule has 0 unspecified atom stereocenters. The average Bonchev–Trinajstić information content (AvgIpc) is 2.83. The van der Waals surface area contributed by atoms with E-state index in [0.29, 0.717) is 0 Å². The van der Waals surface area contributed by atoms with Gasteiger partial charge in [0, 0.05) is 18.9 Å². The SMILES string of the molecule is Cn1cc(S(=O)(=O)Nc2ccc(OC(F)F)cc2)cc1C(N)=O. The fraction of sp³-hybridized carbons (Fsp3) is 0.154. The lowest BCUT2D eigenvalue weighted by Crippen LogP contribution is -2.14. The van der Waals surface area contributed by atoms with Gasteiger partial charge in [0.25, 0.3) is 15.9 Å². The number of alkyl halides is 2. The zero-order chi connectivity index (χ0) is 17.2. The van der Waals surface area contributed by atoms with E-state index in [2.05, 4.69) is 9.46 Å². The minimum Gasteiger partial charge on any atom is -0.435 e. The molecule has 0 saturated carbocycles. The number of sulfonamides is 1. The van der Waals surface area contributed by atoms with Crippen molar-refractivity contribution in [1.82, 2.24) is 4.57 Å². The van der Waals surface area contributed by atoms with Crippen molar-refractivity contribution < 1.29 is 26.7 Å². The predicted octanol–water partition coefficient (Wildman–Crippen LogP) is 1.53. The van der Waals surface area contributed by atoms with Crippen LogP contribution in [0.1, 0.15) is 10.5 Å². The summed E-state index contributed by atoms with van der Waals surface area (Å²) < 4.78 is 56.2. The van der Waals surface area contributed by atoms with Crippen molar-refractivity contribution in [3.05, 3.63) is 42.2 Å². The summed E-state index contributed by atoms with van der Waals surface area (Å²) in [5, 5.41) is 0. The molecule has 0 aliphatic heterocycles. The molecule has 1 amide bonds. The standard InChI is InChI=1S/C13H13F2N3O4S/c1-18-7-10(6-11(18)12(16)19)23(20,21)17-8-2-4-9(5-3-8)22-13(14)15/h2-7,13,17H,1H3,(H2,16,19). The number of primary amides is 1. The molecule has 2 rings (SSSR count). The van der Waals surface area contributed by atoms with Gasteiger partial charge in [-0.3, -0.25) is 9.52 Å². The highest BCUT2D eigenvalue weighted by Gasteiger charge is 2.19. The van der Waals surface area contributed by atoms with Crippen molar-refractivity contribution in [3.63, 3.8) is 0 Å². The molecular formula is C13H13F2N3O4S. The maximum Gasteiger partial charge on any atom is 0.387 e. The first-order valence-corrected chi connectivity index (χ1v) is 7.71. The highest BCUT2D eigenvalue weighted by molar-refractivity contribution is 7.92. The van der Waals surface area contributed by atoms with Gasteiger partial charge in [-0.1, -0.05) is 0 Å². The molecule has 124 valence electrons. The summed E-state index contributed by atoms with van der Waals surface area (Å²) in [5.41, 5.74) is 5.31. The van der Waals surface area contributed by atoms with E-state index in [-0.39, 0.29) is 22.0 Å². The zero-order valence-electron chi connectivity index (χ0n) is 11.9. The van der Waals surface area contributed by atoms with E-state index in [1.165, 1.54) is 42.1 Å². The van der Waals surface area contributed by atoms with Gasteiger partial charge in [-0.25, -0.2) is 8.42 Å². The van der Waals surface area contributed by atoms with E-state index >= 15 is 0 Å². The molecule has 1 aromatic carbocycles. The average molecular weight is 345 g/mol. The molecule has 0 saturated heterocycles. The molecule has 0 radical (unpaired) electrons. The highest BCUT2D eigenvalue weighted by atomic mass is 32.2. The van der Waals surface area contributed by atoms with Crippen molar-refractivity contribution in [1.29, 1.82) is 0 Å². The van der Waals surface area contributed by atoms with Crippen LogP contribution in [0.25, 0.3) is 0 Å². The van der Waals surface area contributed by atoms with Gasteiger partial charge in [-0.05, 0) is 30.3 Å². The number of anilines is 1. The molecule has 3 N–H and O–H groups in total. The summed E-state index contributed by atoms with van der Waals surface area (Å²) in [5.74, 6) is -0.860. The maximum absolute atomic E-state index is 12.2. The molecule has 0 aliphatic carbocycles. The Kier molecular flexibility index (Phi) is 4.55. The van der Waals surface area contributed by atoms with Crippen LogP contribution in [0.3, 0.4) is 0 Å². The van der Waals surface area contributed by atoms with Crippen LogP contribution < -0.4 is 15.2 Å². The Bertz CT molecular complexity index is 816. The Morgan fingerprint density at radius 3 is 2.39 bits per heavy atom. The molecule has 0 aliphatic rings. The minimum atomic E-state index is -3.95. The number of ether oxygens (including phenoxy) is 1. The van der Waals surface area contributed by atoms with Crippen LogP contribution in [0.15, 0.2) is 41.4 Å². The maximum atomic E-state index is 12.2. The highest BCUT2D eigenvalue weighted by Crippen LogP contribution is 2.21. The second-order valence-corrected chi connectivity index (χ2v) is 6.23. The van der Waals surface area contributed by atoms with Gasteiger partial charge >= 0.3 is 6.61 Å². The van der Waals surface area contributed by atoms with Gasteiger partial charge < -0.3 is 15.0 Å². The molecule has 1 aromatic heterocycles. The van der Waals surface area contributed by atoms with Crippen LogP contribution in [-0.2, 0) is 17.1 Å². The number of halogens is 2. The van der Waals surface area contributed by atoms with Crippen LogP contribution in [0.5, 0.6) is 5.75 Å². The molecule has 1 heterocycles. The fourth-order valence-corrected chi connectivity index (χ4v) is 2.97. The summed E-state index contributed by atoms with van der Waals surface area (Å²) in [6.45, 7) is -2.96. The third kappa shape index (κ3) is 3.97. The van der Waals surface area contributed by atoms with Crippen LogP contribution in [0.2, 0.25) is 0 Å². The van der Waals surface area contributed by atoms with E-state index in [0.717, 1.165) is 6.07 Å². The lowest BCUT2D eigenvalue weighted by Gasteiger charge is -2.08. The Labute approximate surface area is 130 Å². The van der Waals surface area contributed by atoms with Crippen LogP contribution in [0.4, 0.5) is 14.5 Å². The van der Waals surface area contributed by atoms with Crippen molar-refractivity contribution in [3.8, 4) is 5.75 Å². The van der Waals surface area contributed by atoms with Gasteiger partial charge in [0.1, 0.15) is 16.3 Å². The summed E-state index contributed by atoms with van der Waals surface area (Å²) in [4.78, 5) is 11.0. The van der Waals surface area contributed by atoms with E-state index in [4.69, 9.17) is 5.73 Å². The number of amides is 1. The molecule has 0 spiro atoms. The van der Waals surface area contributed by atoms with Gasteiger partial charge in [0.2, 0.25) is 0 Å². The normalized spacial score (nSPS) is 11.5. The van der Waals surface area contributed by atoms with E-state index in [1.807, 2.05) is 0 Å². The van der Waals surface area contributed by atoms with Crippen molar-refractivity contribution in [2.24, 2.45) is 12.8 Å². The number of rotatable bonds is 6. The van der Waals surface area contributed by atoms with Crippen LogP contribution in [-0.4, -0.2) is 25.5 Å². The largest absolute Gasteiger partial charge is 0.435 e. The van der Waals surface area contributed by atoms with E-state index in [1.54, 1.807) is 0 Å². The van der Waals surface area contributed by atoms with E-state index in [9.17, 15) is 22.0 Å². The number of nitrogens with one attached hydrogen (secondary N) is 1. The van der Waals surface area contributed by atoms with E-state index < -0.39 is 22.5 Å². The summed E-state index contributed by atoms with van der Waals surface area (Å²) in [6, 6.07) is 6.08. The smallest absolute Gasteiger partial charge is 0.387 e. The monoisotopic (exact) mass is 345 g/mol. The lowest BCUT2D eigenvalue weighted by atomic mass is 10.3. The van der Waals surface area contributed by atoms with Gasteiger partial charge in [0.05, 0.1) is 0 Å².